The van der Waals surface area contributed by atoms with Crippen molar-refractivity contribution in [1.29, 1.82) is 0 Å². The van der Waals surface area contributed by atoms with E-state index in [-0.39, 0.29) is 42.9 Å². The molecule has 6 rings (SSSR count). The number of nitrogens with zero attached hydrogens (tertiary/aromatic N) is 8. The lowest BCUT2D eigenvalue weighted by Crippen LogP contribution is -2.39. The smallest absolute Gasteiger partial charge is 0.410 e. The van der Waals surface area contributed by atoms with Crippen molar-refractivity contribution in [2.24, 2.45) is 0 Å². The van der Waals surface area contributed by atoms with Crippen LogP contribution >= 0.6 is 11.3 Å². The zero-order valence-electron chi connectivity index (χ0n) is 22.9. The van der Waals surface area contributed by atoms with E-state index in [1.54, 1.807) is 11.3 Å². The van der Waals surface area contributed by atoms with Crippen molar-refractivity contribution in [3.8, 4) is 5.75 Å². The standard InChI is InChI=1S/C26H26F3N9O4S/c1-2-3-18-12-19-21(35-10-11-37-20(14-35)33-34-23(37)26(27,28)29)31-24(32-22(19)43-18)36-9-8-15(13-36)30-25(39)42-17-6-4-16(5-7-17)38(40)41/h4-7,12,15H,2-3,8-11,13-14H2,1H3,(H,30,39)/t15-/m0/s1. The number of hydrogen-bond donors (Lipinski definition) is 1. The van der Waals surface area contributed by atoms with Crippen molar-refractivity contribution < 1.29 is 27.6 Å². The van der Waals surface area contributed by atoms with E-state index < -0.39 is 23.0 Å². The molecule has 17 heteroatoms. The first-order chi connectivity index (χ1) is 20.6. The van der Waals surface area contributed by atoms with Crippen LogP contribution in [0.4, 0.5) is 35.4 Å². The van der Waals surface area contributed by atoms with Gasteiger partial charge in [-0.2, -0.15) is 18.2 Å². The Morgan fingerprint density at radius 1 is 1.16 bits per heavy atom. The molecule has 0 unspecified atom stereocenters. The average Bonchev–Trinajstić information content (AvgIpc) is 3.70. The number of aryl methyl sites for hydroxylation is 1. The Balaban J connectivity index is 1.20. The lowest BCUT2D eigenvalue weighted by atomic mass is 10.2. The van der Waals surface area contributed by atoms with Crippen molar-refractivity contribution in [3.05, 3.63) is 57.0 Å². The lowest BCUT2D eigenvalue weighted by Gasteiger charge is -2.30. The quantitative estimate of drug-likeness (QED) is 0.232. The molecular formula is C26H26F3N9O4S. The number of hydrogen-bond acceptors (Lipinski definition) is 11. The molecule has 0 spiro atoms. The highest BCUT2D eigenvalue weighted by atomic mass is 32.1. The van der Waals surface area contributed by atoms with E-state index in [2.05, 4.69) is 22.4 Å². The molecule has 5 heterocycles. The van der Waals surface area contributed by atoms with Crippen molar-refractivity contribution >= 4 is 45.1 Å². The summed E-state index contributed by atoms with van der Waals surface area (Å²) in [5.74, 6) is 0.475. The molecule has 226 valence electrons. The van der Waals surface area contributed by atoms with E-state index in [1.165, 1.54) is 24.3 Å². The second-order valence-electron chi connectivity index (χ2n) is 10.3. The zero-order chi connectivity index (χ0) is 30.3. The van der Waals surface area contributed by atoms with Gasteiger partial charge < -0.3 is 24.4 Å². The number of amides is 1. The molecule has 0 bridgehead atoms. The Kier molecular flexibility index (Phi) is 7.49. The number of carbonyl (C=O) groups excluding carboxylic acids is 1. The molecule has 1 aromatic carbocycles. The molecule has 1 fully saturated rings. The van der Waals surface area contributed by atoms with Crippen LogP contribution < -0.4 is 19.9 Å². The van der Waals surface area contributed by atoms with Crippen LogP contribution in [-0.4, -0.2) is 61.4 Å². The number of carbonyl (C=O) groups is 1. The van der Waals surface area contributed by atoms with E-state index in [4.69, 9.17) is 14.7 Å². The number of ether oxygens (including phenoxy) is 1. The molecule has 0 aliphatic carbocycles. The number of alkyl halides is 3. The highest BCUT2D eigenvalue weighted by Gasteiger charge is 2.40. The number of nitro benzene ring substituents is 1. The number of aromatic nitrogens is 5. The number of rotatable bonds is 7. The summed E-state index contributed by atoms with van der Waals surface area (Å²) in [6, 6.07) is 6.99. The summed E-state index contributed by atoms with van der Waals surface area (Å²) >= 11 is 1.56. The minimum atomic E-state index is -4.58. The fourth-order valence-electron chi connectivity index (χ4n) is 5.24. The SMILES string of the molecule is CCCc1cc2c(N3CCn4c(nnc4C(F)(F)F)C3)nc(N3CC[C@H](NC(=O)Oc4ccc([N+](=O)[O-])cc4)C3)nc2s1. The van der Waals surface area contributed by atoms with Crippen molar-refractivity contribution in [2.45, 2.75) is 51.5 Å². The highest BCUT2D eigenvalue weighted by molar-refractivity contribution is 7.18. The molecule has 2 aliphatic heterocycles. The van der Waals surface area contributed by atoms with Gasteiger partial charge in [-0.05, 0) is 31.0 Å². The minimum Gasteiger partial charge on any atom is -0.410 e. The van der Waals surface area contributed by atoms with E-state index in [0.29, 0.717) is 31.3 Å². The molecule has 13 nitrogen and oxygen atoms in total. The maximum absolute atomic E-state index is 13.4. The summed E-state index contributed by atoms with van der Waals surface area (Å²) in [7, 11) is 0. The van der Waals surface area contributed by atoms with Crippen LogP contribution in [0.1, 0.15) is 36.3 Å². The summed E-state index contributed by atoms with van der Waals surface area (Å²) in [5, 5.41) is 21.7. The van der Waals surface area contributed by atoms with Gasteiger partial charge in [-0.25, -0.2) is 9.78 Å². The highest BCUT2D eigenvalue weighted by Crippen LogP contribution is 2.36. The van der Waals surface area contributed by atoms with E-state index in [1.807, 2.05) is 15.9 Å². The Hall–Kier alpha value is -4.54. The Labute approximate surface area is 246 Å². The van der Waals surface area contributed by atoms with Crippen LogP contribution in [0.2, 0.25) is 0 Å². The average molecular weight is 618 g/mol. The molecule has 0 radical (unpaired) electrons. The van der Waals surface area contributed by atoms with Gasteiger partial charge in [0.2, 0.25) is 11.8 Å². The van der Waals surface area contributed by atoms with Gasteiger partial charge in [0.15, 0.2) is 5.82 Å². The third kappa shape index (κ3) is 5.89. The van der Waals surface area contributed by atoms with Crippen LogP contribution in [0.3, 0.4) is 0 Å². The summed E-state index contributed by atoms with van der Waals surface area (Å²) < 4.78 is 46.5. The van der Waals surface area contributed by atoms with E-state index in [0.717, 1.165) is 32.5 Å². The molecule has 4 aromatic rings. The van der Waals surface area contributed by atoms with Gasteiger partial charge in [0, 0.05) is 43.2 Å². The normalized spacial score (nSPS) is 16.9. The van der Waals surface area contributed by atoms with Gasteiger partial charge >= 0.3 is 12.3 Å². The predicted molar refractivity (Wildman–Crippen MR) is 150 cm³/mol. The van der Waals surface area contributed by atoms with Gasteiger partial charge in [-0.3, -0.25) is 10.1 Å². The van der Waals surface area contributed by atoms with Gasteiger partial charge in [0.25, 0.3) is 5.69 Å². The first-order valence-electron chi connectivity index (χ1n) is 13.6. The molecule has 43 heavy (non-hydrogen) atoms. The minimum absolute atomic E-state index is 0.0660. The van der Waals surface area contributed by atoms with Crippen LogP contribution in [0, 0.1) is 10.1 Å². The topological polar surface area (TPSA) is 144 Å². The first-order valence-corrected chi connectivity index (χ1v) is 14.4. The largest absolute Gasteiger partial charge is 0.451 e. The number of fused-ring (bicyclic) bond motifs is 2. The summed E-state index contributed by atoms with van der Waals surface area (Å²) in [6.07, 6.45) is -2.85. The number of anilines is 2. The lowest BCUT2D eigenvalue weighted by molar-refractivity contribution is -0.384. The Morgan fingerprint density at radius 2 is 1.95 bits per heavy atom. The summed E-state index contributed by atoms with van der Waals surface area (Å²) in [6.45, 7) is 3.53. The fourth-order valence-corrected chi connectivity index (χ4v) is 6.36. The molecule has 0 saturated carbocycles. The number of non-ortho nitro benzene ring substituents is 1. The second kappa shape index (κ2) is 11.3. The molecule has 1 saturated heterocycles. The van der Waals surface area contributed by atoms with Crippen molar-refractivity contribution in [1.82, 2.24) is 30.0 Å². The van der Waals surface area contributed by atoms with Crippen molar-refractivity contribution in [3.63, 3.8) is 0 Å². The maximum atomic E-state index is 13.4. The van der Waals surface area contributed by atoms with Crippen molar-refractivity contribution in [2.75, 3.05) is 29.4 Å². The number of benzene rings is 1. The van der Waals surface area contributed by atoms with Gasteiger partial charge in [0.1, 0.15) is 16.4 Å². The summed E-state index contributed by atoms with van der Waals surface area (Å²) in [4.78, 5) is 38.3. The number of thiophene rings is 1. The van der Waals surface area contributed by atoms with E-state index in [9.17, 15) is 28.1 Å². The van der Waals surface area contributed by atoms with Gasteiger partial charge in [-0.1, -0.05) is 13.3 Å². The Morgan fingerprint density at radius 3 is 2.67 bits per heavy atom. The van der Waals surface area contributed by atoms with Crippen LogP contribution in [0.15, 0.2) is 30.3 Å². The molecule has 1 atom stereocenters. The van der Waals surface area contributed by atoms with Crippen LogP contribution in [-0.2, 0) is 25.7 Å². The number of nitro groups is 1. The summed E-state index contributed by atoms with van der Waals surface area (Å²) in [5.41, 5.74) is -0.111. The van der Waals surface area contributed by atoms with Crippen LogP contribution in [0.5, 0.6) is 5.75 Å². The third-order valence-electron chi connectivity index (χ3n) is 7.27. The molecule has 3 aromatic heterocycles. The third-order valence-corrected chi connectivity index (χ3v) is 8.35. The number of nitrogens with one attached hydrogen (secondary N) is 1. The Bertz CT molecular complexity index is 1670. The number of halogens is 3. The molecule has 1 amide bonds. The fraction of sp³-hybridized carbons (Fsp3) is 0.423. The van der Waals surface area contributed by atoms with Gasteiger partial charge in [-0.15, -0.1) is 21.5 Å². The van der Waals surface area contributed by atoms with Crippen LogP contribution in [0.25, 0.3) is 10.2 Å². The monoisotopic (exact) mass is 617 g/mol. The zero-order valence-corrected chi connectivity index (χ0v) is 23.7. The van der Waals surface area contributed by atoms with Gasteiger partial charge in [0.05, 0.1) is 22.9 Å². The second-order valence-corrected chi connectivity index (χ2v) is 11.4. The maximum Gasteiger partial charge on any atom is 0.451 e. The predicted octanol–water partition coefficient (Wildman–Crippen LogP) is 4.55. The van der Waals surface area contributed by atoms with E-state index >= 15 is 0 Å². The molecule has 1 N–H and O–H groups in total. The first kappa shape index (κ1) is 28.6. The molecule has 2 aliphatic rings. The molecular weight excluding hydrogens is 591 g/mol.